The van der Waals surface area contributed by atoms with Crippen LogP contribution in [0.5, 0.6) is 0 Å². The number of halogens is 5. The van der Waals surface area contributed by atoms with E-state index in [-0.39, 0.29) is 23.4 Å². The second-order valence-corrected chi connectivity index (χ2v) is 1.78. The van der Waals surface area contributed by atoms with Gasteiger partial charge in [-0.3, -0.25) is 0 Å². The second-order valence-electron chi connectivity index (χ2n) is 1.78. The molecule has 0 amide bonds. The molecule has 0 atom stereocenters. The van der Waals surface area contributed by atoms with E-state index in [1.807, 2.05) is 0 Å². The molecule has 1 rings (SSSR count). The van der Waals surface area contributed by atoms with Crippen LogP contribution in [0.3, 0.4) is 0 Å². The summed E-state index contributed by atoms with van der Waals surface area (Å²) in [5, 5.41) is 0. The van der Waals surface area contributed by atoms with Crippen LogP contribution in [0.1, 0.15) is 0 Å². The number of benzene rings is 1. The lowest BCUT2D eigenvalue weighted by Gasteiger charge is -1.96. The Morgan fingerprint density at radius 1 is 0.667 bits per heavy atom. The average molecular weight is 198 g/mol. The molecule has 0 N–H and O–H groups in total. The van der Waals surface area contributed by atoms with Crippen LogP contribution in [0, 0.1) is 29.1 Å². The van der Waals surface area contributed by atoms with Crippen molar-refractivity contribution in [2.24, 2.45) is 0 Å². The van der Waals surface area contributed by atoms with Gasteiger partial charge in [0.15, 0.2) is 40.6 Å². The van der Waals surface area contributed by atoms with E-state index < -0.39 is 29.1 Å². The predicted octanol–water partition coefficient (Wildman–Crippen LogP) is 1.20. The molecule has 0 heterocycles. The van der Waals surface area contributed by atoms with Gasteiger partial charge in [0.1, 0.15) is 0 Å². The molecular formula is C6H4AlF5. The van der Waals surface area contributed by atoms with Gasteiger partial charge in [0.25, 0.3) is 0 Å². The van der Waals surface area contributed by atoms with E-state index in [0.717, 1.165) is 0 Å². The van der Waals surface area contributed by atoms with Crippen molar-refractivity contribution < 1.29 is 22.0 Å². The van der Waals surface area contributed by atoms with E-state index in [2.05, 4.69) is 0 Å². The Hall–Kier alpha value is -0.598. The van der Waals surface area contributed by atoms with Crippen molar-refractivity contribution in [3.63, 3.8) is 0 Å². The Bertz CT molecular complexity index is 272. The Balaban J connectivity index is 0.00000121. The van der Waals surface area contributed by atoms with Gasteiger partial charge in [-0.2, -0.15) is 0 Å². The molecule has 0 spiro atoms. The monoisotopic (exact) mass is 198 g/mol. The predicted molar refractivity (Wildman–Crippen MR) is 36.2 cm³/mol. The van der Waals surface area contributed by atoms with Crippen molar-refractivity contribution in [2.45, 2.75) is 0 Å². The maximum atomic E-state index is 12.0. The minimum absolute atomic E-state index is 0. The fourth-order valence-corrected chi connectivity index (χ4v) is 0.544. The van der Waals surface area contributed by atoms with Crippen LogP contribution < -0.4 is 0 Å². The zero-order valence-electron chi connectivity index (χ0n) is 4.97. The highest BCUT2D eigenvalue weighted by Gasteiger charge is 2.18. The third-order valence-corrected chi connectivity index (χ3v) is 1.06. The van der Waals surface area contributed by atoms with Gasteiger partial charge >= 0.3 is 0 Å². The second kappa shape index (κ2) is 3.88. The quantitative estimate of drug-likeness (QED) is 0.254. The Labute approximate surface area is 75.1 Å². The molecule has 66 valence electrons. The molecule has 0 saturated heterocycles. The summed E-state index contributed by atoms with van der Waals surface area (Å²) in [7, 11) is 0. The molecule has 0 bridgehead atoms. The molecule has 12 heavy (non-hydrogen) atoms. The van der Waals surface area contributed by atoms with Crippen LogP contribution in [0.15, 0.2) is 6.07 Å². The highest BCUT2D eigenvalue weighted by atomic mass is 27.0. The zero-order chi connectivity index (χ0) is 8.59. The van der Waals surface area contributed by atoms with Crippen LogP contribution in [0.2, 0.25) is 0 Å². The molecule has 0 aliphatic heterocycles. The van der Waals surface area contributed by atoms with E-state index in [0.29, 0.717) is 0 Å². The van der Waals surface area contributed by atoms with Crippen molar-refractivity contribution in [3.8, 4) is 0 Å². The normalized spacial score (nSPS) is 9.42. The lowest BCUT2D eigenvalue weighted by Crippen LogP contribution is -1.98. The summed E-state index contributed by atoms with van der Waals surface area (Å²) in [6.45, 7) is 0. The fraction of sp³-hybridized carbons (Fsp3) is 0. The first-order valence-electron chi connectivity index (χ1n) is 2.52. The first kappa shape index (κ1) is 11.4. The summed E-state index contributed by atoms with van der Waals surface area (Å²) in [6, 6.07) is -0.0618. The van der Waals surface area contributed by atoms with Gasteiger partial charge in [-0.1, -0.05) is 0 Å². The first-order chi connectivity index (χ1) is 5.04. The Morgan fingerprint density at radius 2 is 1.00 bits per heavy atom. The third-order valence-electron chi connectivity index (χ3n) is 1.06. The number of hydrogen-bond donors (Lipinski definition) is 0. The molecule has 1 aromatic rings. The summed E-state index contributed by atoms with van der Waals surface area (Å²) in [6.07, 6.45) is 0. The molecule has 0 aliphatic rings. The molecular weight excluding hydrogens is 194 g/mol. The summed E-state index contributed by atoms with van der Waals surface area (Å²) in [5.41, 5.74) is 0. The highest BCUT2D eigenvalue weighted by molar-refractivity contribution is 5.75. The van der Waals surface area contributed by atoms with Gasteiger partial charge in [-0.15, -0.1) is 0 Å². The molecule has 0 nitrogen and oxygen atoms in total. The van der Waals surface area contributed by atoms with Gasteiger partial charge < -0.3 is 0 Å². The van der Waals surface area contributed by atoms with Crippen LogP contribution >= 0.6 is 0 Å². The molecule has 0 aliphatic carbocycles. The Kier molecular flexibility index (Phi) is 3.68. The zero-order valence-corrected chi connectivity index (χ0v) is 4.97. The van der Waals surface area contributed by atoms with Crippen molar-refractivity contribution in [1.29, 1.82) is 0 Å². The van der Waals surface area contributed by atoms with Gasteiger partial charge in [-0.05, 0) is 0 Å². The largest absolute Gasteiger partial charge is 0.204 e. The van der Waals surface area contributed by atoms with Crippen LogP contribution in [0.4, 0.5) is 22.0 Å². The SMILES string of the molecule is Fc1cc(F)c(F)c(F)c1F.[AlH3]. The van der Waals surface area contributed by atoms with Gasteiger partial charge in [0, 0.05) is 6.07 Å². The average Bonchev–Trinajstić information content (AvgIpc) is 1.97. The van der Waals surface area contributed by atoms with Crippen LogP contribution in [-0.2, 0) is 0 Å². The van der Waals surface area contributed by atoms with Crippen molar-refractivity contribution >= 4 is 17.4 Å². The van der Waals surface area contributed by atoms with Crippen molar-refractivity contribution in [1.82, 2.24) is 0 Å². The molecule has 0 aromatic heterocycles. The van der Waals surface area contributed by atoms with Gasteiger partial charge in [0.2, 0.25) is 5.82 Å². The van der Waals surface area contributed by atoms with E-state index in [1.165, 1.54) is 0 Å². The van der Waals surface area contributed by atoms with Crippen LogP contribution in [0.25, 0.3) is 0 Å². The summed E-state index contributed by atoms with van der Waals surface area (Å²) >= 11 is 0. The molecule has 0 saturated carbocycles. The first-order valence-corrected chi connectivity index (χ1v) is 2.52. The highest BCUT2D eigenvalue weighted by Crippen LogP contribution is 2.16. The molecule has 6 heteroatoms. The topological polar surface area (TPSA) is 0 Å². The van der Waals surface area contributed by atoms with Crippen molar-refractivity contribution in [2.75, 3.05) is 0 Å². The van der Waals surface area contributed by atoms with E-state index in [1.54, 1.807) is 0 Å². The standard InChI is InChI=1S/C6HF5.Al.3H/c7-2-1-3(8)5(10)6(11)4(2)9;;;;/h1H;;;;. The van der Waals surface area contributed by atoms with Gasteiger partial charge in [-0.25, -0.2) is 22.0 Å². The van der Waals surface area contributed by atoms with E-state index in [9.17, 15) is 22.0 Å². The summed E-state index contributed by atoms with van der Waals surface area (Å²) in [4.78, 5) is 0. The van der Waals surface area contributed by atoms with Crippen molar-refractivity contribution in [3.05, 3.63) is 35.2 Å². The number of hydrogen-bond acceptors (Lipinski definition) is 0. The molecule has 0 unspecified atom stereocenters. The van der Waals surface area contributed by atoms with Crippen LogP contribution in [-0.4, -0.2) is 17.4 Å². The summed E-state index contributed by atoms with van der Waals surface area (Å²) < 4.78 is 60.0. The van der Waals surface area contributed by atoms with Gasteiger partial charge in [0.05, 0.1) is 0 Å². The lowest BCUT2D eigenvalue weighted by molar-refractivity contribution is 0.378. The summed E-state index contributed by atoms with van der Waals surface area (Å²) in [5.74, 6) is -9.65. The molecule has 1 aromatic carbocycles. The minimum Gasteiger partial charge on any atom is -0.204 e. The van der Waals surface area contributed by atoms with E-state index >= 15 is 0 Å². The van der Waals surface area contributed by atoms with E-state index in [4.69, 9.17) is 0 Å². The minimum atomic E-state index is -2.14. The smallest absolute Gasteiger partial charge is 0.200 e. The Morgan fingerprint density at radius 3 is 1.33 bits per heavy atom. The molecule has 0 radical (unpaired) electrons. The fourth-order valence-electron chi connectivity index (χ4n) is 0.544. The molecule has 0 fully saturated rings. The maximum Gasteiger partial charge on any atom is 0.200 e. The number of rotatable bonds is 0. The third kappa shape index (κ3) is 1.76. The lowest BCUT2D eigenvalue weighted by atomic mass is 10.3. The maximum absolute atomic E-state index is 12.0.